The van der Waals surface area contributed by atoms with Crippen molar-refractivity contribution >= 4 is 27.5 Å². The number of aliphatic hydroxyl groups is 1. The van der Waals surface area contributed by atoms with E-state index in [4.69, 9.17) is 0 Å². The number of benzene rings is 1. The molecule has 0 unspecified atom stereocenters. The van der Waals surface area contributed by atoms with Crippen LogP contribution in [0.5, 0.6) is 0 Å². The monoisotopic (exact) mass is 413 g/mol. The number of amides is 1. The van der Waals surface area contributed by atoms with E-state index in [2.05, 4.69) is 26.0 Å². The lowest BCUT2D eigenvalue weighted by Crippen LogP contribution is -2.56. The number of carbonyl (C=O) groups is 1. The Morgan fingerprint density at radius 3 is 2.32 bits per heavy atom. The predicted octanol–water partition coefficient (Wildman–Crippen LogP) is 3.35. The third kappa shape index (κ3) is 3.16. The summed E-state index contributed by atoms with van der Waals surface area (Å²) in [7, 11) is 0. The van der Waals surface area contributed by atoms with E-state index in [0.717, 1.165) is 4.47 Å². The van der Waals surface area contributed by atoms with Crippen LogP contribution in [0.15, 0.2) is 58.4 Å². The van der Waals surface area contributed by atoms with Gasteiger partial charge in [-0.25, -0.2) is 0 Å². The molecule has 2 heterocycles. The summed E-state index contributed by atoms with van der Waals surface area (Å²) in [5.41, 5.74) is -3.11. The molecule has 1 aromatic heterocycles. The first-order chi connectivity index (χ1) is 11.7. The summed E-state index contributed by atoms with van der Waals surface area (Å²) in [4.78, 5) is 16.2. The van der Waals surface area contributed by atoms with E-state index in [-0.39, 0.29) is 16.3 Å². The molecule has 0 bridgehead atoms. The third-order valence-corrected chi connectivity index (χ3v) is 4.26. The molecule has 1 aliphatic rings. The van der Waals surface area contributed by atoms with Gasteiger partial charge in [-0.3, -0.25) is 9.78 Å². The lowest BCUT2D eigenvalue weighted by atomic mass is 10.0. The number of aromatic nitrogens is 1. The minimum Gasteiger partial charge on any atom is -0.362 e. The fraction of sp³-hybridized carbons (Fsp3) is 0.188. The van der Waals surface area contributed by atoms with Gasteiger partial charge in [0.1, 0.15) is 0 Å². The van der Waals surface area contributed by atoms with Crippen LogP contribution in [0.2, 0.25) is 0 Å². The second kappa shape index (κ2) is 6.23. The summed E-state index contributed by atoms with van der Waals surface area (Å²) in [5, 5.41) is 14.1. The highest BCUT2D eigenvalue weighted by atomic mass is 79.9. The van der Waals surface area contributed by atoms with Gasteiger partial charge in [0.25, 0.3) is 11.6 Å². The van der Waals surface area contributed by atoms with E-state index >= 15 is 0 Å². The maximum Gasteiger partial charge on any atom is 0.438 e. The van der Waals surface area contributed by atoms with E-state index in [1.165, 1.54) is 24.5 Å². The van der Waals surface area contributed by atoms with Crippen molar-refractivity contribution in [2.45, 2.75) is 18.3 Å². The van der Waals surface area contributed by atoms with Crippen LogP contribution in [0.3, 0.4) is 0 Å². The number of pyridine rings is 1. The molecule has 5 nitrogen and oxygen atoms in total. The highest BCUT2D eigenvalue weighted by Crippen LogP contribution is 2.42. The second-order valence-electron chi connectivity index (χ2n) is 5.40. The molecule has 0 saturated heterocycles. The first-order valence-corrected chi connectivity index (χ1v) is 7.89. The largest absolute Gasteiger partial charge is 0.438 e. The number of rotatable bonds is 2. The lowest BCUT2D eigenvalue weighted by Gasteiger charge is -2.32. The SMILES string of the molecule is O=C(c1ccncc1)N1N=C(c2ccc(Br)cc2)C[C@@]1(O)C(F)(F)F. The van der Waals surface area contributed by atoms with E-state index in [1.54, 1.807) is 24.3 Å². The van der Waals surface area contributed by atoms with Crippen molar-refractivity contribution in [3.8, 4) is 0 Å². The van der Waals surface area contributed by atoms with Crippen molar-refractivity contribution in [3.05, 3.63) is 64.4 Å². The van der Waals surface area contributed by atoms with Crippen LogP contribution in [-0.4, -0.2) is 38.6 Å². The van der Waals surface area contributed by atoms with Crippen LogP contribution >= 0.6 is 15.9 Å². The zero-order chi connectivity index (χ0) is 18.2. The van der Waals surface area contributed by atoms with Gasteiger partial charge in [0.2, 0.25) is 0 Å². The molecule has 0 radical (unpaired) electrons. The average molecular weight is 414 g/mol. The second-order valence-corrected chi connectivity index (χ2v) is 6.31. The van der Waals surface area contributed by atoms with Crippen LogP contribution < -0.4 is 0 Å². The zero-order valence-corrected chi connectivity index (χ0v) is 14.1. The number of alkyl halides is 3. The van der Waals surface area contributed by atoms with Crippen LogP contribution in [0.1, 0.15) is 22.3 Å². The summed E-state index contributed by atoms with van der Waals surface area (Å²) < 4.78 is 41.2. The Morgan fingerprint density at radius 2 is 1.76 bits per heavy atom. The molecule has 9 heteroatoms. The van der Waals surface area contributed by atoms with E-state index in [0.29, 0.717) is 5.56 Å². The third-order valence-electron chi connectivity index (χ3n) is 3.74. The first-order valence-electron chi connectivity index (χ1n) is 7.09. The molecule has 1 aliphatic heterocycles. The van der Waals surface area contributed by atoms with Gasteiger partial charge in [-0.05, 0) is 29.8 Å². The molecule has 130 valence electrons. The highest BCUT2D eigenvalue weighted by molar-refractivity contribution is 9.10. The number of hydrogen-bond acceptors (Lipinski definition) is 4. The number of hydrazone groups is 1. The van der Waals surface area contributed by atoms with Gasteiger partial charge < -0.3 is 5.11 Å². The molecule has 0 aliphatic carbocycles. The maximum absolute atomic E-state index is 13.5. The molecule has 0 spiro atoms. The molecular formula is C16H11BrF3N3O2. The number of halogens is 4. The topological polar surface area (TPSA) is 65.8 Å². The Balaban J connectivity index is 2.04. The molecule has 0 saturated carbocycles. The van der Waals surface area contributed by atoms with Crippen molar-refractivity contribution in [2.24, 2.45) is 5.10 Å². The molecule has 1 atom stereocenters. The molecule has 1 aromatic carbocycles. The van der Waals surface area contributed by atoms with Crippen molar-refractivity contribution < 1.29 is 23.1 Å². The molecule has 0 fully saturated rings. The summed E-state index contributed by atoms with van der Waals surface area (Å²) >= 11 is 3.23. The summed E-state index contributed by atoms with van der Waals surface area (Å²) in [6, 6.07) is 8.90. The molecule has 1 amide bonds. The smallest absolute Gasteiger partial charge is 0.362 e. The Kier molecular flexibility index (Phi) is 4.38. The highest BCUT2D eigenvalue weighted by Gasteiger charge is 2.63. The minimum atomic E-state index is -5.07. The standard InChI is InChI=1S/C16H11BrF3N3O2/c17-12-3-1-10(2-4-12)13-9-15(25,16(18,19)20)23(22-13)14(24)11-5-7-21-8-6-11/h1-8,25H,9H2/t15-/m1/s1. The van der Waals surface area contributed by atoms with Gasteiger partial charge in [0.05, 0.1) is 12.1 Å². The molecule has 1 N–H and O–H groups in total. The van der Waals surface area contributed by atoms with Gasteiger partial charge in [-0.2, -0.15) is 23.3 Å². The Labute approximate surface area is 148 Å². The fourth-order valence-corrected chi connectivity index (χ4v) is 2.66. The molecule has 2 aromatic rings. The summed E-state index contributed by atoms with van der Waals surface area (Å²) in [6.45, 7) is 0. The van der Waals surface area contributed by atoms with Gasteiger partial charge >= 0.3 is 6.18 Å². The number of hydrogen-bond donors (Lipinski definition) is 1. The van der Waals surface area contributed by atoms with E-state index in [9.17, 15) is 23.1 Å². The molecule has 3 rings (SSSR count). The van der Waals surface area contributed by atoms with Crippen molar-refractivity contribution in [1.29, 1.82) is 0 Å². The number of nitrogens with zero attached hydrogens (tertiary/aromatic N) is 3. The number of carbonyl (C=O) groups excluding carboxylic acids is 1. The van der Waals surface area contributed by atoms with Crippen LogP contribution in [0, 0.1) is 0 Å². The van der Waals surface area contributed by atoms with Crippen LogP contribution in [0.25, 0.3) is 0 Å². The van der Waals surface area contributed by atoms with Gasteiger partial charge in [0.15, 0.2) is 0 Å². The van der Waals surface area contributed by atoms with Crippen molar-refractivity contribution in [3.63, 3.8) is 0 Å². The quantitative estimate of drug-likeness (QED) is 0.820. The van der Waals surface area contributed by atoms with Crippen LogP contribution in [0.4, 0.5) is 13.2 Å². The minimum absolute atomic E-state index is 0.0327. The Morgan fingerprint density at radius 1 is 1.16 bits per heavy atom. The van der Waals surface area contributed by atoms with Gasteiger partial charge in [-0.1, -0.05) is 28.1 Å². The maximum atomic E-state index is 13.5. The van der Waals surface area contributed by atoms with Gasteiger partial charge in [0, 0.05) is 22.4 Å². The lowest BCUT2D eigenvalue weighted by molar-refractivity contribution is -0.297. The van der Waals surface area contributed by atoms with E-state index < -0.39 is 24.2 Å². The van der Waals surface area contributed by atoms with Crippen molar-refractivity contribution in [1.82, 2.24) is 9.99 Å². The average Bonchev–Trinajstić information content (AvgIpc) is 2.94. The fourth-order valence-electron chi connectivity index (χ4n) is 2.40. The summed E-state index contributed by atoms with van der Waals surface area (Å²) in [6.07, 6.45) is -3.38. The Hall–Kier alpha value is -2.26. The van der Waals surface area contributed by atoms with E-state index in [1.807, 2.05) is 0 Å². The molecular weight excluding hydrogens is 403 g/mol. The van der Waals surface area contributed by atoms with Crippen molar-refractivity contribution in [2.75, 3.05) is 0 Å². The first kappa shape index (κ1) is 17.6. The summed E-state index contributed by atoms with van der Waals surface area (Å²) in [5.74, 6) is -1.06. The normalized spacial score (nSPS) is 20.5. The predicted molar refractivity (Wildman–Crippen MR) is 86.7 cm³/mol. The van der Waals surface area contributed by atoms with Gasteiger partial charge in [-0.15, -0.1) is 0 Å². The van der Waals surface area contributed by atoms with Crippen LogP contribution in [-0.2, 0) is 0 Å². The Bertz CT molecular complexity index is 825. The zero-order valence-electron chi connectivity index (χ0n) is 12.5. The molecule has 25 heavy (non-hydrogen) atoms.